The lowest BCUT2D eigenvalue weighted by Crippen LogP contribution is -2.39. The Morgan fingerprint density at radius 3 is 2.88 bits per heavy atom. The third-order valence-corrected chi connectivity index (χ3v) is 4.83. The lowest BCUT2D eigenvalue weighted by molar-refractivity contribution is -0.143. The maximum atomic E-state index is 11.3. The van der Waals surface area contributed by atoms with E-state index in [-0.39, 0.29) is 5.97 Å². The van der Waals surface area contributed by atoms with Crippen LogP contribution in [-0.2, 0) is 9.53 Å². The SMILES string of the molecule is CCOC(=O)CCCNC(=NC)NCC(O)c1cc2ccccc2s1. The van der Waals surface area contributed by atoms with Crippen molar-refractivity contribution in [1.29, 1.82) is 0 Å². The molecule has 3 N–H and O–H groups in total. The molecule has 6 nitrogen and oxygen atoms in total. The van der Waals surface area contributed by atoms with Crippen LogP contribution < -0.4 is 10.6 Å². The fourth-order valence-corrected chi connectivity index (χ4v) is 3.40. The second-order valence-corrected chi connectivity index (χ2v) is 6.61. The van der Waals surface area contributed by atoms with Gasteiger partial charge < -0.3 is 20.5 Å². The van der Waals surface area contributed by atoms with Crippen molar-refractivity contribution in [2.45, 2.75) is 25.9 Å². The summed E-state index contributed by atoms with van der Waals surface area (Å²) < 4.78 is 6.05. The van der Waals surface area contributed by atoms with Crippen LogP contribution in [0, 0.1) is 0 Å². The van der Waals surface area contributed by atoms with Gasteiger partial charge in [0.15, 0.2) is 5.96 Å². The zero-order valence-corrected chi connectivity index (χ0v) is 15.4. The zero-order chi connectivity index (χ0) is 18.1. The van der Waals surface area contributed by atoms with Gasteiger partial charge in [-0.2, -0.15) is 0 Å². The predicted octanol–water partition coefficient (Wildman–Crippen LogP) is 2.44. The summed E-state index contributed by atoms with van der Waals surface area (Å²) in [6.07, 6.45) is 0.441. The number of hydrogen-bond donors (Lipinski definition) is 3. The highest BCUT2D eigenvalue weighted by molar-refractivity contribution is 7.19. The Hall–Kier alpha value is -2.12. The highest BCUT2D eigenvalue weighted by Gasteiger charge is 2.12. The first-order valence-electron chi connectivity index (χ1n) is 8.40. The number of ether oxygens (including phenoxy) is 1. The number of nitrogens with zero attached hydrogens (tertiary/aromatic N) is 1. The van der Waals surface area contributed by atoms with Crippen LogP contribution in [0.15, 0.2) is 35.3 Å². The first-order valence-corrected chi connectivity index (χ1v) is 9.22. The van der Waals surface area contributed by atoms with E-state index in [9.17, 15) is 9.90 Å². The molecule has 2 rings (SSSR count). The van der Waals surface area contributed by atoms with Crippen molar-refractivity contribution in [2.24, 2.45) is 4.99 Å². The molecule has 0 aliphatic carbocycles. The number of aliphatic hydroxyl groups is 1. The fourth-order valence-electron chi connectivity index (χ4n) is 2.35. The Morgan fingerprint density at radius 2 is 2.16 bits per heavy atom. The summed E-state index contributed by atoms with van der Waals surface area (Å²) in [7, 11) is 1.67. The smallest absolute Gasteiger partial charge is 0.305 e. The molecule has 136 valence electrons. The molecule has 1 heterocycles. The molecule has 0 aliphatic rings. The molecule has 0 spiro atoms. The first-order chi connectivity index (χ1) is 12.1. The second-order valence-electron chi connectivity index (χ2n) is 5.49. The van der Waals surface area contributed by atoms with Gasteiger partial charge in [0.2, 0.25) is 0 Å². The maximum Gasteiger partial charge on any atom is 0.305 e. The highest BCUT2D eigenvalue weighted by atomic mass is 32.1. The molecule has 1 aromatic carbocycles. The molecule has 0 fully saturated rings. The van der Waals surface area contributed by atoms with E-state index in [0.717, 1.165) is 15.0 Å². The van der Waals surface area contributed by atoms with Crippen molar-refractivity contribution >= 4 is 33.4 Å². The van der Waals surface area contributed by atoms with Crippen molar-refractivity contribution in [3.05, 3.63) is 35.2 Å². The summed E-state index contributed by atoms with van der Waals surface area (Å²) in [6, 6.07) is 10.1. The number of thiophene rings is 1. The fraction of sp³-hybridized carbons (Fsp3) is 0.444. The number of hydrogen-bond acceptors (Lipinski definition) is 5. The normalized spacial score (nSPS) is 12.8. The first kappa shape index (κ1) is 19.2. The van der Waals surface area contributed by atoms with Gasteiger partial charge in [-0.15, -0.1) is 11.3 Å². The van der Waals surface area contributed by atoms with E-state index in [2.05, 4.69) is 15.6 Å². The summed E-state index contributed by atoms with van der Waals surface area (Å²) in [4.78, 5) is 16.3. The van der Waals surface area contributed by atoms with Crippen molar-refractivity contribution in [2.75, 3.05) is 26.7 Å². The van der Waals surface area contributed by atoms with Gasteiger partial charge in [-0.1, -0.05) is 18.2 Å². The molecule has 0 bridgehead atoms. The van der Waals surface area contributed by atoms with Gasteiger partial charge in [0.05, 0.1) is 6.61 Å². The topological polar surface area (TPSA) is 83.0 Å². The number of benzene rings is 1. The minimum Gasteiger partial charge on any atom is -0.466 e. The molecular weight excluding hydrogens is 338 g/mol. The molecule has 7 heteroatoms. The monoisotopic (exact) mass is 363 g/mol. The molecule has 0 aliphatic heterocycles. The van der Waals surface area contributed by atoms with Crippen LogP contribution in [0.2, 0.25) is 0 Å². The number of esters is 1. The van der Waals surface area contributed by atoms with Gasteiger partial charge in [0.1, 0.15) is 6.10 Å². The van der Waals surface area contributed by atoms with E-state index >= 15 is 0 Å². The van der Waals surface area contributed by atoms with E-state index in [1.165, 1.54) is 0 Å². The minimum absolute atomic E-state index is 0.188. The molecule has 25 heavy (non-hydrogen) atoms. The Bertz CT molecular complexity index is 681. The van der Waals surface area contributed by atoms with Crippen LogP contribution in [0.1, 0.15) is 30.7 Å². The van der Waals surface area contributed by atoms with Crippen LogP contribution in [0.25, 0.3) is 10.1 Å². The second kappa shape index (κ2) is 10.0. The molecule has 1 aromatic heterocycles. The molecule has 0 amide bonds. The van der Waals surface area contributed by atoms with Gasteiger partial charge in [0.25, 0.3) is 0 Å². The number of nitrogens with one attached hydrogen (secondary N) is 2. The lowest BCUT2D eigenvalue weighted by Gasteiger charge is -2.14. The molecule has 1 unspecified atom stereocenters. The molecular formula is C18H25N3O3S. The molecule has 2 aromatic rings. The highest BCUT2D eigenvalue weighted by Crippen LogP contribution is 2.29. The number of aliphatic hydroxyl groups excluding tert-OH is 1. The van der Waals surface area contributed by atoms with E-state index in [1.807, 2.05) is 30.3 Å². The van der Waals surface area contributed by atoms with Gasteiger partial charge in [-0.05, 0) is 30.9 Å². The summed E-state index contributed by atoms with van der Waals surface area (Å²) >= 11 is 1.59. The molecule has 0 saturated carbocycles. The Morgan fingerprint density at radius 1 is 1.36 bits per heavy atom. The standard InChI is InChI=1S/C18H25N3O3S/c1-3-24-17(23)9-6-10-20-18(19-2)21-12-14(22)16-11-13-7-4-5-8-15(13)25-16/h4-5,7-8,11,14,22H,3,6,9-10,12H2,1-2H3,(H2,19,20,21). The van der Waals surface area contributed by atoms with Gasteiger partial charge in [0, 0.05) is 36.1 Å². The summed E-state index contributed by atoms with van der Waals surface area (Å²) in [6.45, 7) is 3.18. The minimum atomic E-state index is -0.601. The van der Waals surface area contributed by atoms with Gasteiger partial charge in [-0.25, -0.2) is 0 Å². The zero-order valence-electron chi connectivity index (χ0n) is 14.6. The lowest BCUT2D eigenvalue weighted by atomic mass is 10.2. The van der Waals surface area contributed by atoms with Gasteiger partial charge >= 0.3 is 5.97 Å². The molecule has 0 radical (unpaired) electrons. The third kappa shape index (κ3) is 6.03. The van der Waals surface area contributed by atoms with E-state index in [1.54, 1.807) is 25.3 Å². The average molecular weight is 363 g/mol. The largest absolute Gasteiger partial charge is 0.466 e. The van der Waals surface area contributed by atoms with Crippen molar-refractivity contribution in [3.63, 3.8) is 0 Å². The maximum absolute atomic E-state index is 11.3. The van der Waals surface area contributed by atoms with Crippen LogP contribution in [0.4, 0.5) is 0 Å². The van der Waals surface area contributed by atoms with Crippen LogP contribution in [-0.4, -0.2) is 43.8 Å². The Kier molecular flexibility index (Phi) is 7.69. The quantitative estimate of drug-likeness (QED) is 0.290. The third-order valence-electron chi connectivity index (χ3n) is 3.61. The van der Waals surface area contributed by atoms with Crippen LogP contribution >= 0.6 is 11.3 Å². The summed E-state index contributed by atoms with van der Waals surface area (Å²) in [5.74, 6) is 0.413. The number of aliphatic imine (C=N–C) groups is 1. The van der Waals surface area contributed by atoms with Crippen molar-refractivity contribution in [3.8, 4) is 0 Å². The number of carbonyl (C=O) groups excluding carboxylic acids is 1. The molecule has 0 saturated heterocycles. The summed E-state index contributed by atoms with van der Waals surface area (Å²) in [5.41, 5.74) is 0. The van der Waals surface area contributed by atoms with E-state index in [4.69, 9.17) is 4.74 Å². The Labute approximate surface area is 151 Å². The predicted molar refractivity (Wildman–Crippen MR) is 102 cm³/mol. The Balaban J connectivity index is 1.75. The molecule has 1 atom stereocenters. The van der Waals surface area contributed by atoms with Crippen molar-refractivity contribution in [1.82, 2.24) is 10.6 Å². The number of rotatable bonds is 8. The van der Waals surface area contributed by atoms with Gasteiger partial charge in [-0.3, -0.25) is 9.79 Å². The average Bonchev–Trinajstić information content (AvgIpc) is 3.05. The van der Waals surface area contributed by atoms with Crippen LogP contribution in [0.3, 0.4) is 0 Å². The van der Waals surface area contributed by atoms with Crippen LogP contribution in [0.5, 0.6) is 0 Å². The summed E-state index contributed by atoms with van der Waals surface area (Å²) in [5, 5.41) is 17.7. The number of fused-ring (bicyclic) bond motifs is 1. The van der Waals surface area contributed by atoms with E-state index < -0.39 is 6.10 Å². The van der Waals surface area contributed by atoms with E-state index in [0.29, 0.717) is 38.5 Å². The number of carbonyl (C=O) groups is 1. The number of guanidine groups is 1. The van der Waals surface area contributed by atoms with Crippen molar-refractivity contribution < 1.29 is 14.6 Å².